The summed E-state index contributed by atoms with van der Waals surface area (Å²) in [5.74, 6) is -0.338. The summed E-state index contributed by atoms with van der Waals surface area (Å²) in [5, 5.41) is 17.6. The van der Waals surface area contributed by atoms with Gasteiger partial charge in [0.05, 0.1) is 30.4 Å². The SMILES string of the molecule is O=C(O)c1cc(SCCOCCO)ccc1Cl. The van der Waals surface area contributed by atoms with Crippen molar-refractivity contribution < 1.29 is 19.7 Å². The Labute approximate surface area is 109 Å². The van der Waals surface area contributed by atoms with E-state index in [1.54, 1.807) is 18.2 Å². The third-order valence-corrected chi connectivity index (χ3v) is 3.19. The van der Waals surface area contributed by atoms with Gasteiger partial charge in [-0.15, -0.1) is 11.8 Å². The summed E-state index contributed by atoms with van der Waals surface area (Å²) in [6.07, 6.45) is 0. The molecule has 1 aromatic carbocycles. The van der Waals surface area contributed by atoms with Gasteiger partial charge in [0.1, 0.15) is 0 Å². The molecule has 6 heteroatoms. The van der Waals surface area contributed by atoms with Gasteiger partial charge in [-0.25, -0.2) is 4.79 Å². The summed E-state index contributed by atoms with van der Waals surface area (Å²) >= 11 is 7.23. The van der Waals surface area contributed by atoms with Gasteiger partial charge in [-0.2, -0.15) is 0 Å². The van der Waals surface area contributed by atoms with E-state index in [0.29, 0.717) is 19.0 Å². The van der Waals surface area contributed by atoms with Gasteiger partial charge in [0, 0.05) is 10.6 Å². The number of thioether (sulfide) groups is 1. The molecule has 4 nitrogen and oxygen atoms in total. The molecule has 0 amide bonds. The van der Waals surface area contributed by atoms with E-state index in [4.69, 9.17) is 26.6 Å². The minimum absolute atomic E-state index is 0.00870. The second-order valence-electron chi connectivity index (χ2n) is 3.13. The van der Waals surface area contributed by atoms with Crippen molar-refractivity contribution in [2.75, 3.05) is 25.6 Å². The number of benzene rings is 1. The van der Waals surface area contributed by atoms with Gasteiger partial charge >= 0.3 is 5.97 Å². The molecule has 2 N–H and O–H groups in total. The van der Waals surface area contributed by atoms with E-state index in [0.717, 1.165) is 4.90 Å². The standard InChI is InChI=1S/C11H13ClO4S/c12-10-2-1-8(7-9(10)11(14)15)17-6-5-16-4-3-13/h1-2,7,13H,3-6H2,(H,14,15). The van der Waals surface area contributed by atoms with Crippen molar-refractivity contribution in [3.8, 4) is 0 Å². The number of carboxylic acid groups (broad SMARTS) is 1. The lowest BCUT2D eigenvalue weighted by molar-refractivity contribution is 0.0697. The van der Waals surface area contributed by atoms with E-state index < -0.39 is 5.97 Å². The fraction of sp³-hybridized carbons (Fsp3) is 0.364. The number of carboxylic acids is 1. The first-order chi connectivity index (χ1) is 8.15. The van der Waals surface area contributed by atoms with Crippen molar-refractivity contribution >= 4 is 29.3 Å². The topological polar surface area (TPSA) is 66.8 Å². The number of aliphatic hydroxyl groups excluding tert-OH is 1. The lowest BCUT2D eigenvalue weighted by atomic mass is 10.2. The molecule has 1 aromatic rings. The molecule has 0 fully saturated rings. The molecular formula is C11H13ClO4S. The maximum absolute atomic E-state index is 10.8. The number of halogens is 1. The average molecular weight is 277 g/mol. The second kappa shape index (κ2) is 7.55. The van der Waals surface area contributed by atoms with Crippen LogP contribution in [0.5, 0.6) is 0 Å². The Hall–Kier alpha value is -0.750. The molecule has 0 aliphatic carbocycles. The van der Waals surface area contributed by atoms with Gasteiger partial charge in [-0.05, 0) is 18.2 Å². The third-order valence-electron chi connectivity index (χ3n) is 1.90. The van der Waals surface area contributed by atoms with Crippen molar-refractivity contribution in [2.45, 2.75) is 4.90 Å². The first kappa shape index (κ1) is 14.3. The molecule has 94 valence electrons. The molecule has 0 radical (unpaired) electrons. The van der Waals surface area contributed by atoms with Crippen LogP contribution >= 0.6 is 23.4 Å². The first-order valence-electron chi connectivity index (χ1n) is 4.99. The van der Waals surface area contributed by atoms with Crippen molar-refractivity contribution in [2.24, 2.45) is 0 Å². The van der Waals surface area contributed by atoms with Crippen molar-refractivity contribution in [3.63, 3.8) is 0 Å². The minimum Gasteiger partial charge on any atom is -0.478 e. The number of hydrogen-bond acceptors (Lipinski definition) is 4. The van der Waals surface area contributed by atoms with Gasteiger partial charge in [0.25, 0.3) is 0 Å². The molecule has 17 heavy (non-hydrogen) atoms. The van der Waals surface area contributed by atoms with Gasteiger partial charge in [0.15, 0.2) is 0 Å². The van der Waals surface area contributed by atoms with Gasteiger partial charge < -0.3 is 14.9 Å². The Morgan fingerprint density at radius 2 is 2.18 bits per heavy atom. The van der Waals surface area contributed by atoms with Crippen LogP contribution in [0.15, 0.2) is 23.1 Å². The molecule has 0 bridgehead atoms. The van der Waals surface area contributed by atoms with Crippen molar-refractivity contribution in [1.29, 1.82) is 0 Å². The van der Waals surface area contributed by atoms with Crippen LogP contribution in [0.1, 0.15) is 10.4 Å². The monoisotopic (exact) mass is 276 g/mol. The van der Waals surface area contributed by atoms with Crippen molar-refractivity contribution in [1.82, 2.24) is 0 Å². The molecule has 0 aromatic heterocycles. The minimum atomic E-state index is -1.03. The molecule has 0 aliphatic heterocycles. The Bertz CT molecular complexity index is 384. The van der Waals surface area contributed by atoms with Gasteiger partial charge in [-0.1, -0.05) is 11.6 Å². The molecular weight excluding hydrogens is 264 g/mol. The summed E-state index contributed by atoms with van der Waals surface area (Å²) in [4.78, 5) is 11.7. The van der Waals surface area contributed by atoms with E-state index in [-0.39, 0.29) is 17.2 Å². The predicted molar refractivity (Wildman–Crippen MR) is 67.0 cm³/mol. The zero-order valence-corrected chi connectivity index (χ0v) is 10.6. The number of carbonyl (C=O) groups is 1. The molecule has 0 atom stereocenters. The number of rotatable bonds is 7. The Morgan fingerprint density at radius 1 is 1.41 bits per heavy atom. The van der Waals surface area contributed by atoms with E-state index in [2.05, 4.69) is 0 Å². The van der Waals surface area contributed by atoms with E-state index in [1.165, 1.54) is 11.8 Å². The van der Waals surface area contributed by atoms with Crippen molar-refractivity contribution in [3.05, 3.63) is 28.8 Å². The fourth-order valence-corrected chi connectivity index (χ4v) is 2.14. The third kappa shape index (κ3) is 4.95. The molecule has 0 heterocycles. The highest BCUT2D eigenvalue weighted by Gasteiger charge is 2.09. The first-order valence-corrected chi connectivity index (χ1v) is 6.35. The zero-order valence-electron chi connectivity index (χ0n) is 9.06. The van der Waals surface area contributed by atoms with E-state index in [1.807, 2.05) is 0 Å². The highest BCUT2D eigenvalue weighted by molar-refractivity contribution is 7.99. The molecule has 0 spiro atoms. The number of aliphatic hydroxyl groups is 1. The summed E-state index contributed by atoms with van der Waals surface area (Å²) in [5.41, 5.74) is 0.105. The average Bonchev–Trinajstić information content (AvgIpc) is 2.30. The van der Waals surface area contributed by atoms with E-state index >= 15 is 0 Å². The largest absolute Gasteiger partial charge is 0.478 e. The smallest absolute Gasteiger partial charge is 0.337 e. The maximum Gasteiger partial charge on any atom is 0.337 e. The lowest BCUT2D eigenvalue weighted by Gasteiger charge is -2.05. The quantitative estimate of drug-likeness (QED) is 0.590. The molecule has 0 aliphatic rings. The molecule has 0 saturated carbocycles. The van der Waals surface area contributed by atoms with Crippen LogP contribution in [0.2, 0.25) is 5.02 Å². The predicted octanol–water partition coefficient (Wildman–Crippen LogP) is 2.14. The lowest BCUT2D eigenvalue weighted by Crippen LogP contribution is -2.02. The normalized spacial score (nSPS) is 10.5. The van der Waals surface area contributed by atoms with Crippen LogP contribution in [-0.2, 0) is 4.74 Å². The van der Waals surface area contributed by atoms with Crippen LogP contribution in [0, 0.1) is 0 Å². The van der Waals surface area contributed by atoms with Crippen LogP contribution in [0.25, 0.3) is 0 Å². The maximum atomic E-state index is 10.8. The van der Waals surface area contributed by atoms with Crippen LogP contribution in [0.3, 0.4) is 0 Å². The second-order valence-corrected chi connectivity index (χ2v) is 4.71. The number of ether oxygens (including phenoxy) is 1. The molecule has 0 unspecified atom stereocenters. The Morgan fingerprint density at radius 3 is 2.82 bits per heavy atom. The number of aromatic carboxylic acids is 1. The van der Waals surface area contributed by atoms with Crippen LogP contribution < -0.4 is 0 Å². The van der Waals surface area contributed by atoms with Crippen LogP contribution in [0.4, 0.5) is 0 Å². The van der Waals surface area contributed by atoms with Crippen LogP contribution in [-0.4, -0.2) is 41.8 Å². The highest BCUT2D eigenvalue weighted by atomic mass is 35.5. The number of hydrogen-bond donors (Lipinski definition) is 2. The summed E-state index contributed by atoms with van der Waals surface area (Å²) in [7, 11) is 0. The zero-order chi connectivity index (χ0) is 12.7. The fourth-order valence-electron chi connectivity index (χ4n) is 1.14. The summed E-state index contributed by atoms with van der Waals surface area (Å²) < 4.78 is 5.09. The van der Waals surface area contributed by atoms with Gasteiger partial charge in [-0.3, -0.25) is 0 Å². The highest BCUT2D eigenvalue weighted by Crippen LogP contribution is 2.24. The summed E-state index contributed by atoms with van der Waals surface area (Å²) in [6, 6.07) is 4.88. The Balaban J connectivity index is 2.49. The van der Waals surface area contributed by atoms with E-state index in [9.17, 15) is 4.79 Å². The summed E-state index contributed by atoms with van der Waals surface area (Å²) in [6.45, 7) is 0.840. The molecule has 0 saturated heterocycles. The Kier molecular flexibility index (Phi) is 6.36. The molecule has 1 rings (SSSR count). The van der Waals surface area contributed by atoms with Gasteiger partial charge in [0.2, 0.25) is 0 Å².